The number of ether oxygens (including phenoxy) is 2. The molecule has 0 saturated carbocycles. The summed E-state index contributed by atoms with van der Waals surface area (Å²) in [5, 5.41) is 0. The second-order valence-corrected chi connectivity index (χ2v) is 5.60. The van der Waals surface area contributed by atoms with Gasteiger partial charge in [-0.15, -0.1) is 0 Å². The molecule has 1 amide bonds. The highest BCUT2D eigenvalue weighted by atomic mass is 16.5. The Labute approximate surface area is 136 Å². The van der Waals surface area contributed by atoms with Crippen molar-refractivity contribution in [2.24, 2.45) is 5.73 Å². The van der Waals surface area contributed by atoms with Gasteiger partial charge < -0.3 is 20.1 Å². The average molecular weight is 320 g/mol. The van der Waals surface area contributed by atoms with Crippen LogP contribution in [0.3, 0.4) is 0 Å². The SMILES string of the molecule is CC(=O)c1ccc(OCCCC(=O)N2CCOC(CN)C2)cc1. The predicted octanol–water partition coefficient (Wildman–Crippen LogP) is 1.23. The minimum absolute atomic E-state index is 0.0310. The van der Waals surface area contributed by atoms with Crippen LogP contribution in [-0.2, 0) is 9.53 Å². The summed E-state index contributed by atoms with van der Waals surface area (Å²) in [7, 11) is 0. The highest BCUT2D eigenvalue weighted by Crippen LogP contribution is 2.13. The summed E-state index contributed by atoms with van der Waals surface area (Å²) in [4.78, 5) is 25.1. The largest absolute Gasteiger partial charge is 0.494 e. The Morgan fingerprint density at radius 3 is 2.74 bits per heavy atom. The van der Waals surface area contributed by atoms with E-state index >= 15 is 0 Å². The van der Waals surface area contributed by atoms with E-state index in [-0.39, 0.29) is 17.8 Å². The molecule has 1 aliphatic heterocycles. The molecule has 2 N–H and O–H groups in total. The molecule has 0 radical (unpaired) electrons. The standard InChI is InChI=1S/C17H24N2O4/c1-13(20)14-4-6-15(7-5-14)22-9-2-3-17(21)19-8-10-23-16(11-18)12-19/h4-7,16H,2-3,8-12,18H2,1H3. The Morgan fingerprint density at radius 2 is 2.09 bits per heavy atom. The topological polar surface area (TPSA) is 81.9 Å². The van der Waals surface area contributed by atoms with Crippen molar-refractivity contribution in [1.29, 1.82) is 0 Å². The lowest BCUT2D eigenvalue weighted by Gasteiger charge is -2.32. The summed E-state index contributed by atoms with van der Waals surface area (Å²) in [5.74, 6) is 0.850. The van der Waals surface area contributed by atoms with Gasteiger partial charge in [0.25, 0.3) is 0 Å². The summed E-state index contributed by atoms with van der Waals surface area (Å²) < 4.78 is 11.0. The van der Waals surface area contributed by atoms with Gasteiger partial charge in [0.15, 0.2) is 5.78 Å². The number of benzene rings is 1. The molecule has 1 saturated heterocycles. The highest BCUT2D eigenvalue weighted by Gasteiger charge is 2.22. The molecule has 0 aromatic heterocycles. The minimum Gasteiger partial charge on any atom is -0.494 e. The van der Waals surface area contributed by atoms with Gasteiger partial charge in [-0.3, -0.25) is 9.59 Å². The van der Waals surface area contributed by atoms with Crippen LogP contribution in [0.25, 0.3) is 0 Å². The molecule has 6 heteroatoms. The summed E-state index contributed by atoms with van der Waals surface area (Å²) in [6.45, 7) is 4.18. The van der Waals surface area contributed by atoms with Crippen molar-refractivity contribution in [2.45, 2.75) is 25.9 Å². The molecule has 2 rings (SSSR count). The van der Waals surface area contributed by atoms with Gasteiger partial charge in [0.1, 0.15) is 5.75 Å². The van der Waals surface area contributed by atoms with Gasteiger partial charge in [-0.05, 0) is 37.6 Å². The maximum atomic E-state index is 12.1. The van der Waals surface area contributed by atoms with Crippen LogP contribution in [-0.4, -0.2) is 55.5 Å². The first-order valence-corrected chi connectivity index (χ1v) is 7.93. The molecule has 1 heterocycles. The van der Waals surface area contributed by atoms with E-state index in [4.69, 9.17) is 15.2 Å². The first kappa shape index (κ1) is 17.4. The zero-order chi connectivity index (χ0) is 16.7. The molecule has 0 bridgehead atoms. The maximum Gasteiger partial charge on any atom is 0.222 e. The van der Waals surface area contributed by atoms with Crippen LogP contribution in [0.5, 0.6) is 5.75 Å². The average Bonchev–Trinajstić information content (AvgIpc) is 2.59. The lowest BCUT2D eigenvalue weighted by Crippen LogP contribution is -2.48. The van der Waals surface area contributed by atoms with Crippen LogP contribution in [0.15, 0.2) is 24.3 Å². The van der Waals surface area contributed by atoms with Crippen molar-refractivity contribution in [2.75, 3.05) is 32.8 Å². The number of nitrogens with two attached hydrogens (primary N) is 1. The number of hydrogen-bond acceptors (Lipinski definition) is 5. The molecule has 23 heavy (non-hydrogen) atoms. The third kappa shape index (κ3) is 5.33. The molecular formula is C17H24N2O4. The lowest BCUT2D eigenvalue weighted by molar-refractivity contribution is -0.138. The molecule has 1 fully saturated rings. The Bertz CT molecular complexity index is 530. The van der Waals surface area contributed by atoms with Crippen molar-refractivity contribution in [3.8, 4) is 5.75 Å². The van der Waals surface area contributed by atoms with Crippen molar-refractivity contribution in [3.63, 3.8) is 0 Å². The van der Waals surface area contributed by atoms with Gasteiger partial charge in [0.05, 0.1) is 19.3 Å². The van der Waals surface area contributed by atoms with E-state index < -0.39 is 0 Å². The number of carbonyl (C=O) groups excluding carboxylic acids is 2. The molecule has 1 atom stereocenters. The Kier molecular flexibility index (Phi) is 6.55. The number of nitrogens with zero attached hydrogens (tertiary/aromatic N) is 1. The van der Waals surface area contributed by atoms with Crippen LogP contribution in [0.4, 0.5) is 0 Å². The third-order valence-electron chi connectivity index (χ3n) is 3.82. The Balaban J connectivity index is 1.68. The molecule has 1 unspecified atom stereocenters. The minimum atomic E-state index is -0.0521. The molecule has 1 aromatic carbocycles. The number of amides is 1. The van der Waals surface area contributed by atoms with E-state index in [1.807, 2.05) is 4.90 Å². The van der Waals surface area contributed by atoms with Crippen LogP contribution in [0.1, 0.15) is 30.1 Å². The predicted molar refractivity (Wildman–Crippen MR) is 86.5 cm³/mol. The van der Waals surface area contributed by atoms with Crippen molar-refractivity contribution >= 4 is 11.7 Å². The highest BCUT2D eigenvalue weighted by molar-refractivity contribution is 5.94. The molecule has 0 spiro atoms. The van der Waals surface area contributed by atoms with Gasteiger partial charge >= 0.3 is 0 Å². The monoisotopic (exact) mass is 320 g/mol. The Hall–Kier alpha value is -1.92. The first-order chi connectivity index (χ1) is 11.1. The zero-order valence-corrected chi connectivity index (χ0v) is 13.5. The summed E-state index contributed by atoms with van der Waals surface area (Å²) in [6, 6.07) is 7.02. The summed E-state index contributed by atoms with van der Waals surface area (Å²) in [5.41, 5.74) is 6.24. The fourth-order valence-corrected chi connectivity index (χ4v) is 2.45. The molecule has 0 aliphatic carbocycles. The first-order valence-electron chi connectivity index (χ1n) is 7.93. The van der Waals surface area contributed by atoms with E-state index in [1.165, 1.54) is 6.92 Å². The van der Waals surface area contributed by atoms with Gasteiger partial charge in [0.2, 0.25) is 5.91 Å². The molecule has 6 nitrogen and oxygen atoms in total. The van der Waals surface area contributed by atoms with E-state index in [0.717, 1.165) is 0 Å². The fourth-order valence-electron chi connectivity index (χ4n) is 2.45. The smallest absolute Gasteiger partial charge is 0.222 e. The Morgan fingerprint density at radius 1 is 1.35 bits per heavy atom. The number of hydrogen-bond donors (Lipinski definition) is 1. The zero-order valence-electron chi connectivity index (χ0n) is 13.5. The van der Waals surface area contributed by atoms with Crippen LogP contribution >= 0.6 is 0 Å². The second-order valence-electron chi connectivity index (χ2n) is 5.60. The van der Waals surface area contributed by atoms with Gasteiger partial charge in [-0.1, -0.05) is 0 Å². The van der Waals surface area contributed by atoms with Gasteiger partial charge in [-0.25, -0.2) is 0 Å². The fraction of sp³-hybridized carbons (Fsp3) is 0.529. The number of ketones is 1. The van der Waals surface area contributed by atoms with E-state index in [9.17, 15) is 9.59 Å². The quantitative estimate of drug-likeness (QED) is 0.604. The maximum absolute atomic E-state index is 12.1. The lowest BCUT2D eigenvalue weighted by atomic mass is 10.1. The number of carbonyl (C=O) groups is 2. The van der Waals surface area contributed by atoms with Gasteiger partial charge in [-0.2, -0.15) is 0 Å². The van der Waals surface area contributed by atoms with Gasteiger partial charge in [0, 0.05) is 31.6 Å². The van der Waals surface area contributed by atoms with Crippen molar-refractivity contribution < 1.29 is 19.1 Å². The van der Waals surface area contributed by atoms with E-state index in [1.54, 1.807) is 24.3 Å². The molecular weight excluding hydrogens is 296 g/mol. The van der Waals surface area contributed by atoms with Crippen molar-refractivity contribution in [3.05, 3.63) is 29.8 Å². The molecule has 1 aromatic rings. The number of morpholine rings is 1. The molecule has 126 valence electrons. The number of rotatable bonds is 7. The van der Waals surface area contributed by atoms with E-state index in [0.29, 0.717) is 57.0 Å². The molecule has 1 aliphatic rings. The van der Waals surface area contributed by atoms with Crippen LogP contribution < -0.4 is 10.5 Å². The normalized spacial score (nSPS) is 17.8. The van der Waals surface area contributed by atoms with Crippen LogP contribution in [0, 0.1) is 0 Å². The summed E-state index contributed by atoms with van der Waals surface area (Å²) >= 11 is 0. The van der Waals surface area contributed by atoms with E-state index in [2.05, 4.69) is 0 Å². The van der Waals surface area contributed by atoms with Crippen LogP contribution in [0.2, 0.25) is 0 Å². The number of Topliss-reactive ketones (excluding diaryl/α,β-unsaturated/α-hetero) is 1. The van der Waals surface area contributed by atoms with Crippen molar-refractivity contribution in [1.82, 2.24) is 4.90 Å². The summed E-state index contributed by atoms with van der Waals surface area (Å²) in [6.07, 6.45) is 1.05. The third-order valence-corrected chi connectivity index (χ3v) is 3.82. The second kappa shape index (κ2) is 8.64.